The molecule has 0 N–H and O–H groups in total. The molecule has 222 valence electrons. The molecule has 2 aromatic heterocycles. The number of benzene rings is 5. The molecule has 0 radical (unpaired) electrons. The first-order valence-corrected chi connectivity index (χ1v) is 15.2. The Bertz CT molecular complexity index is 2210. The average Bonchev–Trinajstić information content (AvgIpc) is 3.07. The maximum atomic E-state index is 13.6. The lowest BCUT2D eigenvalue weighted by atomic mass is 9.93. The van der Waals surface area contributed by atoms with E-state index >= 15 is 0 Å². The Morgan fingerprint density at radius 3 is 1.24 bits per heavy atom. The Labute approximate surface area is 266 Å². The first-order valence-electron chi connectivity index (χ1n) is 15.2. The minimum absolute atomic E-state index is 0.338. The minimum Gasteiger partial charge on any atom is -0.422 e. The van der Waals surface area contributed by atoms with Gasteiger partial charge in [0.2, 0.25) is 0 Å². The first kappa shape index (κ1) is 28.8. The molecular formula is C42H30O4. The summed E-state index contributed by atoms with van der Waals surface area (Å²) in [6.45, 7) is 4.10. The molecule has 4 heteroatoms. The van der Waals surface area contributed by atoms with Crippen LogP contribution >= 0.6 is 0 Å². The molecule has 7 rings (SSSR count). The van der Waals surface area contributed by atoms with E-state index in [2.05, 4.69) is 38.1 Å². The number of fused-ring (bicyclic) bond motifs is 2. The van der Waals surface area contributed by atoms with Gasteiger partial charge in [0.1, 0.15) is 11.2 Å². The molecule has 0 saturated carbocycles. The lowest BCUT2D eigenvalue weighted by Gasteiger charge is -2.13. The predicted octanol–water partition coefficient (Wildman–Crippen LogP) is 10.2. The first-order chi connectivity index (χ1) is 22.4. The molecule has 0 aliphatic heterocycles. The second-order valence-corrected chi connectivity index (χ2v) is 11.4. The van der Waals surface area contributed by atoms with Crippen molar-refractivity contribution in [1.82, 2.24) is 0 Å². The SMILES string of the molecule is Cc1ccc(/C=C/c2c(-c3ccccc3)c(=O)oc3cc4oc(=O)c(-c5ccccc5)c(/C=C/c5ccc(C)cc5)c4cc23)cc1. The van der Waals surface area contributed by atoms with E-state index in [1.54, 1.807) is 6.07 Å². The highest BCUT2D eigenvalue weighted by atomic mass is 16.4. The smallest absolute Gasteiger partial charge is 0.344 e. The summed E-state index contributed by atoms with van der Waals surface area (Å²) in [6.07, 6.45) is 7.94. The Morgan fingerprint density at radius 2 is 0.848 bits per heavy atom. The van der Waals surface area contributed by atoms with Crippen LogP contribution in [0.5, 0.6) is 0 Å². The summed E-state index contributed by atoms with van der Waals surface area (Å²) in [6, 6.07) is 39.1. The summed E-state index contributed by atoms with van der Waals surface area (Å²) >= 11 is 0. The average molecular weight is 599 g/mol. The van der Waals surface area contributed by atoms with E-state index in [9.17, 15) is 9.59 Å². The molecule has 7 aromatic rings. The van der Waals surface area contributed by atoms with Gasteiger partial charge in [-0.25, -0.2) is 9.59 Å². The zero-order valence-corrected chi connectivity index (χ0v) is 25.5. The van der Waals surface area contributed by atoms with Crippen LogP contribution in [0.25, 0.3) is 68.5 Å². The lowest BCUT2D eigenvalue weighted by molar-refractivity contribution is 0.551. The summed E-state index contributed by atoms with van der Waals surface area (Å²) in [7, 11) is 0. The molecule has 4 nitrogen and oxygen atoms in total. The fourth-order valence-electron chi connectivity index (χ4n) is 5.76. The highest BCUT2D eigenvalue weighted by Crippen LogP contribution is 2.36. The summed E-state index contributed by atoms with van der Waals surface area (Å²) in [5.74, 6) is 0. The van der Waals surface area contributed by atoms with E-state index in [1.807, 2.05) is 115 Å². The minimum atomic E-state index is -0.468. The van der Waals surface area contributed by atoms with Gasteiger partial charge in [0.15, 0.2) is 0 Å². The van der Waals surface area contributed by atoms with Gasteiger partial charge >= 0.3 is 11.3 Å². The second kappa shape index (κ2) is 12.2. The van der Waals surface area contributed by atoms with Crippen LogP contribution < -0.4 is 11.3 Å². The fraction of sp³-hybridized carbons (Fsp3) is 0.0476. The predicted molar refractivity (Wildman–Crippen MR) is 190 cm³/mol. The van der Waals surface area contributed by atoms with Crippen molar-refractivity contribution in [3.05, 3.63) is 176 Å². The van der Waals surface area contributed by atoms with E-state index in [1.165, 1.54) is 11.1 Å². The molecule has 0 spiro atoms. The van der Waals surface area contributed by atoms with Crippen LogP contribution in [0.15, 0.2) is 140 Å². The van der Waals surface area contributed by atoms with Crippen LogP contribution in [-0.2, 0) is 0 Å². The standard InChI is InChI=1S/C42H30O4/c1-27-13-17-29(18-14-27)21-23-33-35-25-36-34(24-22-30-19-15-28(2)16-20-30)40(32-11-7-4-8-12-32)42(44)46-38(36)26-37(35)45-41(43)39(33)31-9-5-3-6-10-31/h3-26H,1-2H3/b23-21+,24-22+. The third-order valence-electron chi connectivity index (χ3n) is 8.18. The normalized spacial score (nSPS) is 11.7. The van der Waals surface area contributed by atoms with Crippen LogP contribution in [0, 0.1) is 13.8 Å². The van der Waals surface area contributed by atoms with Crippen molar-refractivity contribution in [1.29, 1.82) is 0 Å². The van der Waals surface area contributed by atoms with Crippen LogP contribution in [0.1, 0.15) is 33.4 Å². The van der Waals surface area contributed by atoms with Crippen molar-refractivity contribution in [2.45, 2.75) is 13.8 Å². The molecule has 2 heterocycles. The topological polar surface area (TPSA) is 60.4 Å². The summed E-state index contributed by atoms with van der Waals surface area (Å²) in [4.78, 5) is 27.2. The van der Waals surface area contributed by atoms with Gasteiger partial charge in [-0.1, -0.05) is 145 Å². The van der Waals surface area contributed by atoms with Gasteiger partial charge < -0.3 is 8.83 Å². The van der Waals surface area contributed by atoms with Gasteiger partial charge in [-0.05, 0) is 42.2 Å². The largest absolute Gasteiger partial charge is 0.422 e. The molecule has 0 amide bonds. The Kier molecular flexibility index (Phi) is 7.61. The van der Waals surface area contributed by atoms with E-state index in [0.717, 1.165) is 44.2 Å². The van der Waals surface area contributed by atoms with Crippen LogP contribution in [0.2, 0.25) is 0 Å². The quantitative estimate of drug-likeness (QED) is 0.141. The van der Waals surface area contributed by atoms with Crippen molar-refractivity contribution in [2.24, 2.45) is 0 Å². The maximum Gasteiger partial charge on any atom is 0.344 e. The Balaban J connectivity index is 1.55. The van der Waals surface area contributed by atoms with Crippen molar-refractivity contribution in [2.75, 3.05) is 0 Å². The van der Waals surface area contributed by atoms with Crippen LogP contribution in [0.3, 0.4) is 0 Å². The number of hydrogen-bond acceptors (Lipinski definition) is 4. The summed E-state index contributed by atoms with van der Waals surface area (Å²) in [5.41, 5.74) is 7.97. The number of rotatable bonds is 6. The lowest BCUT2D eigenvalue weighted by Crippen LogP contribution is -2.08. The third kappa shape index (κ3) is 5.64. The van der Waals surface area contributed by atoms with Gasteiger partial charge in [-0.15, -0.1) is 0 Å². The third-order valence-corrected chi connectivity index (χ3v) is 8.18. The molecule has 0 aliphatic rings. The van der Waals surface area contributed by atoms with E-state index in [4.69, 9.17) is 8.83 Å². The highest BCUT2D eigenvalue weighted by molar-refractivity contribution is 6.06. The molecule has 5 aromatic carbocycles. The Hall–Kier alpha value is -6.00. The molecular weight excluding hydrogens is 568 g/mol. The van der Waals surface area contributed by atoms with Crippen molar-refractivity contribution in [3.8, 4) is 22.3 Å². The van der Waals surface area contributed by atoms with Gasteiger partial charge in [0, 0.05) is 28.0 Å². The van der Waals surface area contributed by atoms with Crippen LogP contribution in [-0.4, -0.2) is 0 Å². The number of hydrogen-bond donors (Lipinski definition) is 0. The molecule has 46 heavy (non-hydrogen) atoms. The van der Waals surface area contributed by atoms with Crippen LogP contribution in [0.4, 0.5) is 0 Å². The summed E-state index contributed by atoms with van der Waals surface area (Å²) in [5, 5.41) is 1.46. The molecule has 0 fully saturated rings. The Morgan fingerprint density at radius 1 is 0.457 bits per heavy atom. The zero-order chi connectivity index (χ0) is 31.6. The molecule has 0 unspecified atom stereocenters. The fourth-order valence-corrected chi connectivity index (χ4v) is 5.76. The molecule has 0 bridgehead atoms. The highest BCUT2D eigenvalue weighted by Gasteiger charge is 2.20. The molecule has 0 aliphatic carbocycles. The number of aryl methyl sites for hydroxylation is 2. The molecule has 0 saturated heterocycles. The zero-order valence-electron chi connectivity index (χ0n) is 25.5. The van der Waals surface area contributed by atoms with Gasteiger partial charge in [0.05, 0.1) is 11.1 Å². The van der Waals surface area contributed by atoms with Crippen molar-refractivity contribution >= 4 is 46.2 Å². The summed E-state index contributed by atoms with van der Waals surface area (Å²) < 4.78 is 11.9. The maximum absolute atomic E-state index is 13.6. The van der Waals surface area contributed by atoms with Gasteiger partial charge in [-0.3, -0.25) is 0 Å². The van der Waals surface area contributed by atoms with E-state index in [0.29, 0.717) is 22.3 Å². The molecule has 0 atom stereocenters. The monoisotopic (exact) mass is 598 g/mol. The second-order valence-electron chi connectivity index (χ2n) is 11.4. The van der Waals surface area contributed by atoms with Gasteiger partial charge in [-0.2, -0.15) is 0 Å². The van der Waals surface area contributed by atoms with Gasteiger partial charge in [0.25, 0.3) is 0 Å². The van der Waals surface area contributed by atoms with E-state index < -0.39 is 11.3 Å². The van der Waals surface area contributed by atoms with Crippen molar-refractivity contribution < 1.29 is 8.83 Å². The van der Waals surface area contributed by atoms with E-state index in [-0.39, 0.29) is 0 Å². The van der Waals surface area contributed by atoms with Crippen molar-refractivity contribution in [3.63, 3.8) is 0 Å².